The number of nitrogens with zero attached hydrogens (tertiary/aromatic N) is 4. The minimum absolute atomic E-state index is 0.0422. The van der Waals surface area contributed by atoms with Crippen molar-refractivity contribution in [2.75, 3.05) is 24.2 Å². The molecule has 136 valence electrons. The fourth-order valence-electron chi connectivity index (χ4n) is 3.07. The second-order valence-corrected chi connectivity index (χ2v) is 9.45. The predicted octanol–water partition coefficient (Wildman–Crippen LogP) is 2.66. The zero-order valence-corrected chi connectivity index (χ0v) is 15.7. The molecule has 0 spiro atoms. The first kappa shape index (κ1) is 17.9. The molecule has 8 nitrogen and oxygen atoms in total. The van der Waals surface area contributed by atoms with Crippen LogP contribution in [0.4, 0.5) is 10.7 Å². The van der Waals surface area contributed by atoms with E-state index >= 15 is 0 Å². The summed E-state index contributed by atoms with van der Waals surface area (Å²) in [6.07, 6.45) is 6.73. The van der Waals surface area contributed by atoms with Gasteiger partial charge in [-0.25, -0.2) is 8.42 Å². The summed E-state index contributed by atoms with van der Waals surface area (Å²) in [5.74, 6) is 0.380. The van der Waals surface area contributed by atoms with Gasteiger partial charge in [0.05, 0.1) is 11.1 Å². The van der Waals surface area contributed by atoms with Crippen molar-refractivity contribution in [3.05, 3.63) is 34.1 Å². The second-order valence-electron chi connectivity index (χ2n) is 6.18. The topological polar surface area (TPSA) is 98.3 Å². The van der Waals surface area contributed by atoms with Crippen LogP contribution in [0.25, 0.3) is 0 Å². The summed E-state index contributed by atoms with van der Waals surface area (Å²) < 4.78 is 25.4. The fourth-order valence-corrected chi connectivity index (χ4v) is 5.15. The van der Waals surface area contributed by atoms with E-state index in [2.05, 4.69) is 11.3 Å². The van der Waals surface area contributed by atoms with Crippen LogP contribution in [-0.4, -0.2) is 42.5 Å². The lowest BCUT2D eigenvalue weighted by molar-refractivity contribution is -0.383. The van der Waals surface area contributed by atoms with E-state index < -0.39 is 14.8 Å². The van der Waals surface area contributed by atoms with Crippen molar-refractivity contribution in [2.24, 2.45) is 0 Å². The highest BCUT2D eigenvalue weighted by molar-refractivity contribution is 7.92. The third-order valence-electron chi connectivity index (χ3n) is 4.46. The quantitative estimate of drug-likeness (QED) is 0.580. The van der Waals surface area contributed by atoms with Crippen LogP contribution in [0, 0.1) is 10.1 Å². The average molecular weight is 384 g/mol. The number of anilines is 1. The normalized spacial score (nSPS) is 16.3. The zero-order valence-electron chi connectivity index (χ0n) is 14.1. The van der Waals surface area contributed by atoms with Gasteiger partial charge in [0.25, 0.3) is 0 Å². The van der Waals surface area contributed by atoms with E-state index in [1.165, 1.54) is 11.6 Å². The summed E-state index contributed by atoms with van der Waals surface area (Å²) in [6.45, 7) is 4.18. The van der Waals surface area contributed by atoms with E-state index in [0.717, 1.165) is 37.0 Å². The third kappa shape index (κ3) is 3.69. The molecule has 0 atom stereocenters. The Balaban J connectivity index is 1.78. The van der Waals surface area contributed by atoms with Crippen LogP contribution in [0.1, 0.15) is 31.2 Å². The molecule has 0 unspecified atom stereocenters. The van der Waals surface area contributed by atoms with Gasteiger partial charge in [-0.1, -0.05) is 11.3 Å². The van der Waals surface area contributed by atoms with Gasteiger partial charge in [0.15, 0.2) is 14.8 Å². The average Bonchev–Trinajstić information content (AvgIpc) is 3.21. The highest BCUT2D eigenvalue weighted by Gasteiger charge is 2.30. The summed E-state index contributed by atoms with van der Waals surface area (Å²) in [5, 5.41) is 16.0. The van der Waals surface area contributed by atoms with Crippen molar-refractivity contribution < 1.29 is 13.3 Å². The monoisotopic (exact) mass is 384 g/mol. The molecule has 1 aliphatic heterocycles. The summed E-state index contributed by atoms with van der Waals surface area (Å²) in [5.41, 5.74) is 1.07. The molecule has 0 N–H and O–H groups in total. The number of piperidine rings is 1. The van der Waals surface area contributed by atoms with E-state index in [1.54, 1.807) is 0 Å². The number of hydrogen-bond acceptors (Lipinski definition) is 7. The molecule has 0 aromatic carbocycles. The number of nitro groups is 1. The summed E-state index contributed by atoms with van der Waals surface area (Å²) >= 11 is 0.986. The Hall–Kier alpha value is -1.94. The van der Waals surface area contributed by atoms with Gasteiger partial charge in [0, 0.05) is 38.2 Å². The molecule has 0 saturated carbocycles. The molecule has 3 heterocycles. The van der Waals surface area contributed by atoms with Gasteiger partial charge in [-0.15, -0.1) is 0 Å². The third-order valence-corrected chi connectivity index (χ3v) is 7.45. The number of sulfone groups is 1. The Morgan fingerprint density at radius 3 is 2.60 bits per heavy atom. The highest BCUT2D eigenvalue weighted by atomic mass is 32.2. The minimum atomic E-state index is -3.45. The van der Waals surface area contributed by atoms with Crippen LogP contribution in [0.5, 0.6) is 0 Å². The summed E-state index contributed by atoms with van der Waals surface area (Å²) in [7, 11) is -3.45. The molecule has 2 aromatic rings. The van der Waals surface area contributed by atoms with E-state index in [4.69, 9.17) is 0 Å². The van der Waals surface area contributed by atoms with Gasteiger partial charge in [-0.3, -0.25) is 14.8 Å². The van der Waals surface area contributed by atoms with E-state index in [0.29, 0.717) is 24.0 Å². The van der Waals surface area contributed by atoms with Gasteiger partial charge in [0.2, 0.25) is 0 Å². The van der Waals surface area contributed by atoms with E-state index in [1.807, 2.05) is 22.7 Å². The minimum Gasteiger partial charge on any atom is -0.358 e. The number of thiophene rings is 1. The molecule has 2 aromatic heterocycles. The van der Waals surface area contributed by atoms with E-state index in [9.17, 15) is 18.5 Å². The highest BCUT2D eigenvalue weighted by Crippen LogP contribution is 2.42. The maximum Gasteiger partial charge on any atom is 0.305 e. The van der Waals surface area contributed by atoms with Crippen LogP contribution in [0.15, 0.2) is 22.7 Å². The Bertz CT molecular complexity index is 879. The number of aromatic nitrogens is 2. The SMILES string of the molecule is CCn1cc(C2CCN(c3sc(S(C)(=O)=O)cc3[N+](=O)[O-])CC2)cn1. The van der Waals surface area contributed by atoms with Crippen molar-refractivity contribution in [3.63, 3.8) is 0 Å². The standard InChI is InChI=1S/C15H20N4O4S2/c1-3-18-10-12(9-16-18)11-4-6-17(7-5-11)15-13(19(20)21)8-14(24-15)25(2,22)23/h8-11H,3-7H2,1-2H3. The summed E-state index contributed by atoms with van der Waals surface area (Å²) in [4.78, 5) is 12.7. The fraction of sp³-hybridized carbons (Fsp3) is 0.533. The van der Waals surface area contributed by atoms with Crippen LogP contribution in [-0.2, 0) is 16.4 Å². The van der Waals surface area contributed by atoms with Crippen molar-refractivity contribution in [1.82, 2.24) is 9.78 Å². The molecule has 0 bridgehead atoms. The molecule has 1 aliphatic rings. The molecule has 10 heteroatoms. The van der Waals surface area contributed by atoms with Gasteiger partial charge in [-0.05, 0) is 31.2 Å². The first-order valence-corrected chi connectivity index (χ1v) is 10.8. The molecular weight excluding hydrogens is 364 g/mol. The molecule has 0 amide bonds. The van der Waals surface area contributed by atoms with Gasteiger partial charge in [-0.2, -0.15) is 5.10 Å². The number of aryl methyl sites for hydroxylation is 1. The van der Waals surface area contributed by atoms with Crippen molar-refractivity contribution in [3.8, 4) is 0 Å². The largest absolute Gasteiger partial charge is 0.358 e. The predicted molar refractivity (Wildman–Crippen MR) is 96.2 cm³/mol. The van der Waals surface area contributed by atoms with Crippen LogP contribution >= 0.6 is 11.3 Å². The van der Waals surface area contributed by atoms with Gasteiger partial charge >= 0.3 is 5.69 Å². The first-order valence-electron chi connectivity index (χ1n) is 8.05. The maximum absolute atomic E-state index is 11.7. The van der Waals surface area contributed by atoms with Gasteiger partial charge in [0.1, 0.15) is 4.21 Å². The van der Waals surface area contributed by atoms with Crippen LogP contribution in [0.3, 0.4) is 0 Å². The molecule has 1 saturated heterocycles. The lowest BCUT2D eigenvalue weighted by Gasteiger charge is -2.31. The molecule has 3 rings (SSSR count). The smallest absolute Gasteiger partial charge is 0.305 e. The van der Waals surface area contributed by atoms with E-state index in [-0.39, 0.29) is 9.90 Å². The van der Waals surface area contributed by atoms with Gasteiger partial charge < -0.3 is 4.90 Å². The van der Waals surface area contributed by atoms with Crippen molar-refractivity contribution in [1.29, 1.82) is 0 Å². The number of rotatable bonds is 5. The van der Waals surface area contributed by atoms with Crippen molar-refractivity contribution in [2.45, 2.75) is 36.4 Å². The Morgan fingerprint density at radius 2 is 2.08 bits per heavy atom. The first-order chi connectivity index (χ1) is 11.8. The molecule has 25 heavy (non-hydrogen) atoms. The Labute approximate surface area is 150 Å². The lowest BCUT2D eigenvalue weighted by Crippen LogP contribution is -2.32. The molecule has 1 fully saturated rings. The molecule has 0 aliphatic carbocycles. The summed E-state index contributed by atoms with van der Waals surface area (Å²) in [6, 6.07) is 1.17. The van der Waals surface area contributed by atoms with Crippen LogP contribution < -0.4 is 4.90 Å². The molecule has 0 radical (unpaired) electrons. The number of hydrogen-bond donors (Lipinski definition) is 0. The Kier molecular flexibility index (Phi) is 4.83. The second kappa shape index (κ2) is 6.75. The Morgan fingerprint density at radius 1 is 1.40 bits per heavy atom. The molecular formula is C15H20N4O4S2. The van der Waals surface area contributed by atoms with Crippen LogP contribution in [0.2, 0.25) is 0 Å². The lowest BCUT2D eigenvalue weighted by atomic mass is 9.92. The maximum atomic E-state index is 11.7. The van der Waals surface area contributed by atoms with Crippen molar-refractivity contribution >= 4 is 31.9 Å². The zero-order chi connectivity index (χ0) is 18.2.